The van der Waals surface area contributed by atoms with Crippen LogP contribution < -0.4 is 5.73 Å². The first kappa shape index (κ1) is 14.7. The average molecular weight is 304 g/mol. The van der Waals surface area contributed by atoms with E-state index in [4.69, 9.17) is 10.8 Å². The molecule has 0 saturated carbocycles. The fourth-order valence-corrected chi connectivity index (χ4v) is 1.32. The van der Waals surface area contributed by atoms with E-state index in [1.54, 1.807) is 0 Å². The van der Waals surface area contributed by atoms with Crippen LogP contribution in [0.2, 0.25) is 0 Å². The third kappa shape index (κ3) is 3.64. The monoisotopic (exact) mass is 302 g/mol. The Hall–Kier alpha value is -0.300. The van der Waals surface area contributed by atoms with Gasteiger partial charge in [0.05, 0.1) is 6.04 Å². The van der Waals surface area contributed by atoms with Gasteiger partial charge < -0.3 is 10.8 Å². The topological polar surface area (TPSA) is 59.1 Å². The second kappa shape index (κ2) is 5.69. The smallest absolute Gasteiger partial charge is 0.289 e. The first-order chi connectivity index (χ1) is 6.47. The Labute approximate surface area is 100 Å². The van der Waals surface area contributed by atoms with Crippen molar-refractivity contribution < 1.29 is 13.9 Å². The summed E-state index contributed by atoms with van der Waals surface area (Å²) in [6.07, 6.45) is 2.71. The summed E-state index contributed by atoms with van der Waals surface area (Å²) in [6, 6.07) is -0.0983. The number of aliphatic hydroxyl groups is 1. The van der Waals surface area contributed by atoms with Crippen LogP contribution in [0.3, 0.4) is 0 Å². The molecule has 15 heavy (non-hydrogen) atoms. The van der Waals surface area contributed by atoms with Crippen LogP contribution >= 0.6 is 28.3 Å². The minimum atomic E-state index is -3.33. The Bertz CT molecular complexity index is 327. The average Bonchev–Trinajstić information content (AvgIpc) is 2.16. The molecule has 1 atom stereocenters. The summed E-state index contributed by atoms with van der Waals surface area (Å²) in [4.78, 5) is 3.71. The lowest BCUT2D eigenvalue weighted by Crippen LogP contribution is -2.36. The quantitative estimate of drug-likeness (QED) is 0.896. The van der Waals surface area contributed by atoms with E-state index in [0.717, 1.165) is 0 Å². The number of nitrogens with two attached hydrogens (primary N) is 1. The Morgan fingerprint density at radius 1 is 1.53 bits per heavy atom. The van der Waals surface area contributed by atoms with Gasteiger partial charge in [-0.3, -0.25) is 4.98 Å². The lowest BCUT2D eigenvalue weighted by Gasteiger charge is -2.21. The lowest BCUT2D eigenvalue weighted by molar-refractivity contribution is -0.0712. The third-order valence-corrected chi connectivity index (χ3v) is 2.18. The number of hydrogen-bond donors (Lipinski definition) is 2. The Morgan fingerprint density at radius 3 is 2.60 bits per heavy atom. The molecule has 0 amide bonds. The highest BCUT2D eigenvalue weighted by molar-refractivity contribution is 9.10. The largest absolute Gasteiger partial charge is 0.390 e. The van der Waals surface area contributed by atoms with Crippen LogP contribution in [-0.4, -0.2) is 22.6 Å². The van der Waals surface area contributed by atoms with Crippen LogP contribution in [-0.2, 0) is 0 Å². The summed E-state index contributed by atoms with van der Waals surface area (Å²) < 4.78 is 26.5. The second-order valence-corrected chi connectivity index (χ2v) is 3.75. The molecule has 1 aromatic heterocycles. The predicted molar refractivity (Wildman–Crippen MR) is 58.1 cm³/mol. The molecule has 0 radical (unpaired) electrons. The number of alkyl halides is 2. The van der Waals surface area contributed by atoms with Gasteiger partial charge in [0, 0.05) is 16.9 Å². The normalized spacial score (nSPS) is 13.1. The van der Waals surface area contributed by atoms with Gasteiger partial charge in [0.25, 0.3) is 5.92 Å². The Morgan fingerprint density at radius 2 is 2.13 bits per heavy atom. The molecule has 3 N–H and O–H groups in total. The van der Waals surface area contributed by atoms with Gasteiger partial charge in [-0.05, 0) is 27.6 Å². The van der Waals surface area contributed by atoms with Crippen molar-refractivity contribution in [1.82, 2.24) is 4.98 Å². The standard InChI is InChI=1S/C8H9BrF2N2O.ClH/c9-6-1-5(2-13-3-6)7(12)8(10,11)4-14;/h1-3,7,14H,4,12H2;1H/t7-;/m0./s1. The number of aliphatic hydroxyl groups excluding tert-OH is 1. The van der Waals surface area contributed by atoms with Gasteiger partial charge in [0.1, 0.15) is 6.61 Å². The maximum absolute atomic E-state index is 12.9. The number of aromatic nitrogens is 1. The number of rotatable bonds is 3. The van der Waals surface area contributed by atoms with Crippen LogP contribution in [0.5, 0.6) is 0 Å². The van der Waals surface area contributed by atoms with Crippen molar-refractivity contribution in [2.45, 2.75) is 12.0 Å². The molecule has 0 spiro atoms. The molecule has 0 fully saturated rings. The summed E-state index contributed by atoms with van der Waals surface area (Å²) in [5.74, 6) is -3.33. The van der Waals surface area contributed by atoms with Gasteiger partial charge in [0.2, 0.25) is 0 Å². The summed E-state index contributed by atoms with van der Waals surface area (Å²) in [5.41, 5.74) is 5.46. The van der Waals surface area contributed by atoms with Crippen molar-refractivity contribution in [2.75, 3.05) is 6.61 Å². The fraction of sp³-hybridized carbons (Fsp3) is 0.375. The van der Waals surface area contributed by atoms with Crippen molar-refractivity contribution in [3.05, 3.63) is 28.5 Å². The number of hydrogen-bond acceptors (Lipinski definition) is 3. The molecule has 0 aliphatic carbocycles. The predicted octanol–water partition coefficient (Wildman–Crippen LogP) is 1.89. The molecular formula is C8H10BrClF2N2O. The molecular weight excluding hydrogens is 293 g/mol. The van der Waals surface area contributed by atoms with E-state index in [9.17, 15) is 8.78 Å². The molecule has 0 saturated heterocycles. The molecule has 1 aromatic rings. The molecule has 7 heteroatoms. The molecule has 0 aliphatic heterocycles. The van der Waals surface area contributed by atoms with Crippen molar-refractivity contribution >= 4 is 28.3 Å². The highest BCUT2D eigenvalue weighted by atomic mass is 79.9. The van der Waals surface area contributed by atoms with Gasteiger partial charge in [-0.25, -0.2) is 8.78 Å². The highest BCUT2D eigenvalue weighted by Gasteiger charge is 2.37. The van der Waals surface area contributed by atoms with E-state index in [0.29, 0.717) is 4.47 Å². The maximum atomic E-state index is 12.9. The Balaban J connectivity index is 0.00000196. The molecule has 1 rings (SSSR count). The molecule has 0 bridgehead atoms. The van der Waals surface area contributed by atoms with Crippen LogP contribution in [0.1, 0.15) is 11.6 Å². The highest BCUT2D eigenvalue weighted by Crippen LogP contribution is 2.29. The minimum Gasteiger partial charge on any atom is -0.390 e. The molecule has 0 aromatic carbocycles. The van der Waals surface area contributed by atoms with Crippen LogP contribution in [0.15, 0.2) is 22.9 Å². The molecule has 3 nitrogen and oxygen atoms in total. The zero-order valence-electron chi connectivity index (χ0n) is 7.53. The first-order valence-electron chi connectivity index (χ1n) is 3.82. The third-order valence-electron chi connectivity index (χ3n) is 1.75. The van der Waals surface area contributed by atoms with Crippen molar-refractivity contribution in [1.29, 1.82) is 0 Å². The van der Waals surface area contributed by atoms with E-state index in [2.05, 4.69) is 20.9 Å². The lowest BCUT2D eigenvalue weighted by atomic mass is 10.0. The van der Waals surface area contributed by atoms with Crippen molar-refractivity contribution in [3.8, 4) is 0 Å². The summed E-state index contributed by atoms with van der Waals surface area (Å²) in [5, 5.41) is 8.43. The second-order valence-electron chi connectivity index (χ2n) is 2.83. The van der Waals surface area contributed by atoms with Crippen LogP contribution in [0, 0.1) is 0 Å². The summed E-state index contributed by atoms with van der Waals surface area (Å²) in [7, 11) is 0. The zero-order chi connectivity index (χ0) is 10.8. The molecule has 1 heterocycles. The van der Waals surface area contributed by atoms with E-state index in [1.807, 2.05) is 0 Å². The fourth-order valence-electron chi connectivity index (χ4n) is 0.941. The van der Waals surface area contributed by atoms with E-state index in [1.165, 1.54) is 18.5 Å². The molecule has 0 aliphatic rings. The van der Waals surface area contributed by atoms with Crippen LogP contribution in [0.25, 0.3) is 0 Å². The van der Waals surface area contributed by atoms with Gasteiger partial charge in [-0.1, -0.05) is 0 Å². The first-order valence-corrected chi connectivity index (χ1v) is 4.61. The minimum absolute atomic E-state index is 0. The molecule has 0 unspecified atom stereocenters. The van der Waals surface area contributed by atoms with E-state index in [-0.39, 0.29) is 18.0 Å². The van der Waals surface area contributed by atoms with Gasteiger partial charge in [-0.15, -0.1) is 12.4 Å². The summed E-state index contributed by atoms with van der Waals surface area (Å²) in [6.45, 7) is -1.28. The number of nitrogens with zero attached hydrogens (tertiary/aromatic N) is 1. The zero-order valence-corrected chi connectivity index (χ0v) is 9.93. The van der Waals surface area contributed by atoms with Gasteiger partial charge in [0.15, 0.2) is 0 Å². The number of halogens is 4. The van der Waals surface area contributed by atoms with Crippen molar-refractivity contribution in [2.24, 2.45) is 5.73 Å². The molecule has 86 valence electrons. The number of pyridine rings is 1. The Kier molecular flexibility index (Phi) is 5.58. The maximum Gasteiger partial charge on any atom is 0.289 e. The van der Waals surface area contributed by atoms with Crippen LogP contribution in [0.4, 0.5) is 8.78 Å². The summed E-state index contributed by atoms with van der Waals surface area (Å²) >= 11 is 3.09. The van der Waals surface area contributed by atoms with E-state index < -0.39 is 18.6 Å². The SMILES string of the molecule is Cl.N[C@@H](c1cncc(Br)c1)C(F)(F)CO. The van der Waals surface area contributed by atoms with Gasteiger partial charge in [-0.2, -0.15) is 0 Å². The van der Waals surface area contributed by atoms with E-state index >= 15 is 0 Å². The van der Waals surface area contributed by atoms with Crippen molar-refractivity contribution in [3.63, 3.8) is 0 Å². The van der Waals surface area contributed by atoms with Gasteiger partial charge >= 0.3 is 0 Å².